The van der Waals surface area contributed by atoms with Gasteiger partial charge in [0.15, 0.2) is 0 Å². The van der Waals surface area contributed by atoms with Gasteiger partial charge in [-0.15, -0.1) is 0 Å². The molecular weight excluding hydrogens is 276 g/mol. The zero-order chi connectivity index (χ0) is 13.1. The molecule has 0 heterocycles. The summed E-state index contributed by atoms with van der Waals surface area (Å²) in [5.74, 6) is 0.622. The molecule has 0 bridgehead atoms. The molecule has 0 fully saturated rings. The van der Waals surface area contributed by atoms with Gasteiger partial charge in [-0.05, 0) is 45.5 Å². The molecule has 0 aliphatic heterocycles. The van der Waals surface area contributed by atoms with Crippen LogP contribution in [-0.2, 0) is 0 Å². The standard InChI is InChI=1S/C14H19BrN2/c1-10(2)14(3,4)9-17-12-6-5-11(8-16)13(15)7-12/h5-7,10,17H,9H2,1-4H3. The molecule has 0 saturated heterocycles. The molecule has 92 valence electrons. The minimum atomic E-state index is 0.250. The molecule has 0 aliphatic carbocycles. The Kier molecular flexibility index (Phi) is 4.59. The maximum Gasteiger partial charge on any atom is 0.100 e. The van der Waals surface area contributed by atoms with Gasteiger partial charge in [0.2, 0.25) is 0 Å². The van der Waals surface area contributed by atoms with Crippen LogP contribution in [0.15, 0.2) is 22.7 Å². The molecule has 3 heteroatoms. The van der Waals surface area contributed by atoms with E-state index in [-0.39, 0.29) is 5.41 Å². The molecule has 0 saturated carbocycles. The number of anilines is 1. The summed E-state index contributed by atoms with van der Waals surface area (Å²) in [6, 6.07) is 7.86. The van der Waals surface area contributed by atoms with Crippen LogP contribution in [-0.4, -0.2) is 6.54 Å². The second kappa shape index (κ2) is 5.55. The van der Waals surface area contributed by atoms with Crippen molar-refractivity contribution in [2.45, 2.75) is 27.7 Å². The second-order valence-corrected chi connectivity index (χ2v) is 6.16. The summed E-state index contributed by atoms with van der Waals surface area (Å²) in [5, 5.41) is 12.3. The normalized spacial score (nSPS) is 11.4. The van der Waals surface area contributed by atoms with Crippen LogP contribution in [0.3, 0.4) is 0 Å². The molecule has 0 aliphatic rings. The van der Waals surface area contributed by atoms with E-state index in [1.807, 2.05) is 18.2 Å². The Balaban J connectivity index is 2.72. The third kappa shape index (κ3) is 3.74. The highest BCUT2D eigenvalue weighted by molar-refractivity contribution is 9.10. The van der Waals surface area contributed by atoms with E-state index >= 15 is 0 Å². The van der Waals surface area contributed by atoms with Gasteiger partial charge in [-0.3, -0.25) is 0 Å². The van der Waals surface area contributed by atoms with Gasteiger partial charge in [-0.2, -0.15) is 5.26 Å². The summed E-state index contributed by atoms with van der Waals surface area (Å²) in [7, 11) is 0. The van der Waals surface area contributed by atoms with Crippen molar-refractivity contribution >= 4 is 21.6 Å². The van der Waals surface area contributed by atoms with Crippen LogP contribution in [0.2, 0.25) is 0 Å². The molecule has 0 unspecified atom stereocenters. The monoisotopic (exact) mass is 294 g/mol. The topological polar surface area (TPSA) is 35.8 Å². The molecule has 1 rings (SSSR count). The molecule has 0 amide bonds. The average molecular weight is 295 g/mol. The number of nitriles is 1. The van der Waals surface area contributed by atoms with Crippen molar-refractivity contribution in [3.63, 3.8) is 0 Å². The number of hydrogen-bond acceptors (Lipinski definition) is 2. The van der Waals surface area contributed by atoms with Crippen molar-refractivity contribution in [3.05, 3.63) is 28.2 Å². The Bertz CT molecular complexity index is 430. The zero-order valence-electron chi connectivity index (χ0n) is 10.8. The molecule has 0 aromatic heterocycles. The van der Waals surface area contributed by atoms with Crippen LogP contribution in [0.5, 0.6) is 0 Å². The predicted octanol–water partition coefficient (Wildman–Crippen LogP) is 4.41. The molecule has 1 aromatic carbocycles. The Morgan fingerprint density at radius 2 is 2.06 bits per heavy atom. The minimum Gasteiger partial charge on any atom is -0.384 e. The van der Waals surface area contributed by atoms with E-state index in [1.54, 1.807) is 0 Å². The van der Waals surface area contributed by atoms with Gasteiger partial charge in [0.1, 0.15) is 6.07 Å². The predicted molar refractivity (Wildman–Crippen MR) is 76.0 cm³/mol. The number of nitrogens with one attached hydrogen (secondary N) is 1. The van der Waals surface area contributed by atoms with Gasteiger partial charge in [-0.1, -0.05) is 27.7 Å². The van der Waals surface area contributed by atoms with Crippen LogP contribution >= 0.6 is 15.9 Å². The molecule has 1 N–H and O–H groups in total. The average Bonchev–Trinajstić information content (AvgIpc) is 2.26. The first-order valence-electron chi connectivity index (χ1n) is 5.80. The van der Waals surface area contributed by atoms with Gasteiger partial charge in [0, 0.05) is 16.7 Å². The van der Waals surface area contributed by atoms with Crippen molar-refractivity contribution < 1.29 is 0 Å². The zero-order valence-corrected chi connectivity index (χ0v) is 12.4. The SMILES string of the molecule is CC(C)C(C)(C)CNc1ccc(C#N)c(Br)c1. The van der Waals surface area contributed by atoms with Crippen molar-refractivity contribution in [3.8, 4) is 6.07 Å². The summed E-state index contributed by atoms with van der Waals surface area (Å²) in [5.41, 5.74) is 1.96. The van der Waals surface area contributed by atoms with E-state index in [1.165, 1.54) is 0 Å². The summed E-state index contributed by atoms with van der Waals surface area (Å²) in [6.07, 6.45) is 0. The first-order valence-corrected chi connectivity index (χ1v) is 6.59. The molecular formula is C14H19BrN2. The number of rotatable bonds is 4. The Morgan fingerprint density at radius 3 is 2.53 bits per heavy atom. The van der Waals surface area contributed by atoms with E-state index in [0.717, 1.165) is 16.7 Å². The lowest BCUT2D eigenvalue weighted by Gasteiger charge is -2.29. The van der Waals surface area contributed by atoms with Crippen molar-refractivity contribution in [1.29, 1.82) is 5.26 Å². The van der Waals surface area contributed by atoms with E-state index in [4.69, 9.17) is 5.26 Å². The highest BCUT2D eigenvalue weighted by Gasteiger charge is 2.21. The fraction of sp³-hybridized carbons (Fsp3) is 0.500. The van der Waals surface area contributed by atoms with E-state index < -0.39 is 0 Å². The second-order valence-electron chi connectivity index (χ2n) is 5.30. The van der Waals surface area contributed by atoms with Crippen LogP contribution in [0.25, 0.3) is 0 Å². The summed E-state index contributed by atoms with van der Waals surface area (Å²) in [6.45, 7) is 9.89. The van der Waals surface area contributed by atoms with Crippen molar-refractivity contribution in [2.24, 2.45) is 11.3 Å². The molecule has 17 heavy (non-hydrogen) atoms. The molecule has 0 spiro atoms. The minimum absolute atomic E-state index is 0.250. The van der Waals surface area contributed by atoms with Crippen LogP contribution in [0.1, 0.15) is 33.3 Å². The van der Waals surface area contributed by atoms with Crippen LogP contribution in [0.4, 0.5) is 5.69 Å². The maximum absolute atomic E-state index is 8.84. The van der Waals surface area contributed by atoms with Gasteiger partial charge >= 0.3 is 0 Å². The quantitative estimate of drug-likeness (QED) is 0.892. The fourth-order valence-corrected chi connectivity index (χ4v) is 1.72. The highest BCUT2D eigenvalue weighted by atomic mass is 79.9. The van der Waals surface area contributed by atoms with Gasteiger partial charge < -0.3 is 5.32 Å². The molecule has 2 nitrogen and oxygen atoms in total. The van der Waals surface area contributed by atoms with Gasteiger partial charge in [-0.25, -0.2) is 0 Å². The lowest BCUT2D eigenvalue weighted by atomic mass is 9.81. The molecule has 0 radical (unpaired) electrons. The first-order chi connectivity index (χ1) is 7.86. The van der Waals surface area contributed by atoms with Gasteiger partial charge in [0.05, 0.1) is 5.56 Å². The van der Waals surface area contributed by atoms with Crippen molar-refractivity contribution in [1.82, 2.24) is 0 Å². The van der Waals surface area contributed by atoms with Crippen LogP contribution < -0.4 is 5.32 Å². The van der Waals surface area contributed by atoms with E-state index in [2.05, 4.69) is 55.0 Å². The lowest BCUT2D eigenvalue weighted by molar-refractivity contribution is 0.269. The summed E-state index contributed by atoms with van der Waals surface area (Å²) < 4.78 is 0.840. The molecule has 0 atom stereocenters. The first kappa shape index (κ1) is 14.1. The van der Waals surface area contributed by atoms with Crippen LogP contribution in [0, 0.1) is 22.7 Å². The number of nitrogens with zero attached hydrogens (tertiary/aromatic N) is 1. The van der Waals surface area contributed by atoms with Crippen molar-refractivity contribution in [2.75, 3.05) is 11.9 Å². The van der Waals surface area contributed by atoms with E-state index in [0.29, 0.717) is 11.5 Å². The van der Waals surface area contributed by atoms with E-state index in [9.17, 15) is 0 Å². The summed E-state index contributed by atoms with van der Waals surface area (Å²) in [4.78, 5) is 0. The number of hydrogen-bond donors (Lipinski definition) is 1. The number of halogens is 1. The lowest BCUT2D eigenvalue weighted by Crippen LogP contribution is -2.28. The summed E-state index contributed by atoms with van der Waals surface area (Å²) >= 11 is 3.39. The highest BCUT2D eigenvalue weighted by Crippen LogP contribution is 2.27. The third-order valence-electron chi connectivity index (χ3n) is 3.40. The Labute approximate surface area is 112 Å². The largest absolute Gasteiger partial charge is 0.384 e. The third-order valence-corrected chi connectivity index (χ3v) is 4.06. The number of benzene rings is 1. The fourth-order valence-electron chi connectivity index (χ4n) is 1.25. The Morgan fingerprint density at radius 1 is 1.41 bits per heavy atom. The Hall–Kier alpha value is -1.01. The molecule has 1 aromatic rings. The smallest absolute Gasteiger partial charge is 0.100 e. The maximum atomic E-state index is 8.84. The van der Waals surface area contributed by atoms with Gasteiger partial charge in [0.25, 0.3) is 0 Å².